The summed E-state index contributed by atoms with van der Waals surface area (Å²) >= 11 is 0. The highest BCUT2D eigenvalue weighted by Gasteiger charge is 2.34. The SMILES string of the molecule is COc1ccc(S(=O)(=O)N2CCC(Oc3nccnc3C#N)C2)cc1C. The third-order valence-electron chi connectivity index (χ3n) is 4.16. The Hall–Kier alpha value is -2.70. The molecule has 0 N–H and O–H groups in total. The zero-order valence-electron chi connectivity index (χ0n) is 14.4. The Labute approximate surface area is 152 Å². The van der Waals surface area contributed by atoms with Crippen LogP contribution in [0.15, 0.2) is 35.5 Å². The van der Waals surface area contributed by atoms with E-state index in [1.54, 1.807) is 26.2 Å². The van der Waals surface area contributed by atoms with Crippen LogP contribution >= 0.6 is 0 Å². The van der Waals surface area contributed by atoms with Crippen molar-refractivity contribution < 1.29 is 17.9 Å². The molecule has 0 amide bonds. The van der Waals surface area contributed by atoms with Gasteiger partial charge in [-0.15, -0.1) is 0 Å². The molecule has 0 radical (unpaired) electrons. The fourth-order valence-corrected chi connectivity index (χ4v) is 4.39. The van der Waals surface area contributed by atoms with Gasteiger partial charge in [-0.2, -0.15) is 9.57 Å². The Bertz CT molecular complexity index is 955. The van der Waals surface area contributed by atoms with E-state index in [0.29, 0.717) is 18.7 Å². The van der Waals surface area contributed by atoms with Crippen molar-refractivity contribution in [3.05, 3.63) is 41.9 Å². The van der Waals surface area contributed by atoms with Crippen molar-refractivity contribution in [3.8, 4) is 17.7 Å². The molecule has 2 aromatic rings. The first-order valence-corrected chi connectivity index (χ1v) is 9.42. The standard InChI is InChI=1S/C17H18N4O4S/c1-12-9-14(3-4-16(12)24-2)26(22,23)21-8-5-13(11-21)25-17-15(10-18)19-6-7-20-17/h3-4,6-7,9,13H,5,8,11H2,1-2H3. The van der Waals surface area contributed by atoms with Crippen molar-refractivity contribution in [2.75, 3.05) is 20.2 Å². The lowest BCUT2D eigenvalue weighted by molar-refractivity contribution is 0.205. The number of hydrogen-bond donors (Lipinski definition) is 0. The Balaban J connectivity index is 1.75. The molecular formula is C17H18N4O4S. The van der Waals surface area contributed by atoms with Crippen molar-refractivity contribution in [1.29, 1.82) is 5.26 Å². The Morgan fingerprint density at radius 2 is 2.08 bits per heavy atom. The van der Waals surface area contributed by atoms with Gasteiger partial charge in [0, 0.05) is 18.9 Å². The van der Waals surface area contributed by atoms with Gasteiger partial charge in [-0.05, 0) is 37.1 Å². The van der Waals surface area contributed by atoms with Gasteiger partial charge in [0.05, 0.1) is 18.6 Å². The van der Waals surface area contributed by atoms with E-state index in [9.17, 15) is 8.42 Å². The summed E-state index contributed by atoms with van der Waals surface area (Å²) in [6.45, 7) is 2.32. The third-order valence-corrected chi connectivity index (χ3v) is 6.02. The maximum atomic E-state index is 12.9. The fraction of sp³-hybridized carbons (Fsp3) is 0.353. The van der Waals surface area contributed by atoms with Gasteiger partial charge in [0.1, 0.15) is 17.9 Å². The summed E-state index contributed by atoms with van der Waals surface area (Å²) in [5.41, 5.74) is 0.832. The van der Waals surface area contributed by atoms with Crippen molar-refractivity contribution in [2.24, 2.45) is 0 Å². The summed E-state index contributed by atoms with van der Waals surface area (Å²) in [6, 6.07) is 6.68. The second-order valence-electron chi connectivity index (χ2n) is 5.84. The Morgan fingerprint density at radius 1 is 1.31 bits per heavy atom. The average Bonchev–Trinajstić information content (AvgIpc) is 3.11. The first-order chi connectivity index (χ1) is 12.5. The molecule has 0 bridgehead atoms. The van der Waals surface area contributed by atoms with E-state index >= 15 is 0 Å². The van der Waals surface area contributed by atoms with Crippen LogP contribution in [0.2, 0.25) is 0 Å². The number of ether oxygens (including phenoxy) is 2. The van der Waals surface area contributed by atoms with Gasteiger partial charge < -0.3 is 9.47 Å². The quantitative estimate of drug-likeness (QED) is 0.781. The number of hydrogen-bond acceptors (Lipinski definition) is 7. The van der Waals surface area contributed by atoms with E-state index in [1.807, 2.05) is 6.07 Å². The molecule has 1 aromatic heterocycles. The summed E-state index contributed by atoms with van der Waals surface area (Å²) < 4.78 is 38.0. The Morgan fingerprint density at radius 3 is 2.77 bits per heavy atom. The summed E-state index contributed by atoms with van der Waals surface area (Å²) in [6.07, 6.45) is 2.96. The topological polar surface area (TPSA) is 105 Å². The molecule has 1 aromatic carbocycles. The molecule has 1 aliphatic heterocycles. The van der Waals surface area contributed by atoms with Crippen LogP contribution in [0.25, 0.3) is 0 Å². The van der Waals surface area contributed by atoms with E-state index in [2.05, 4.69) is 9.97 Å². The first-order valence-electron chi connectivity index (χ1n) is 7.98. The number of rotatable bonds is 5. The predicted molar refractivity (Wildman–Crippen MR) is 92.3 cm³/mol. The van der Waals surface area contributed by atoms with Crippen LogP contribution < -0.4 is 9.47 Å². The molecule has 136 valence electrons. The van der Waals surface area contributed by atoms with Gasteiger partial charge in [0.2, 0.25) is 15.7 Å². The molecule has 1 saturated heterocycles. The van der Waals surface area contributed by atoms with Gasteiger partial charge in [-0.3, -0.25) is 0 Å². The zero-order chi connectivity index (χ0) is 18.7. The second kappa shape index (κ2) is 7.27. The monoisotopic (exact) mass is 374 g/mol. The summed E-state index contributed by atoms with van der Waals surface area (Å²) in [7, 11) is -2.09. The molecule has 3 rings (SSSR count). The number of aryl methyl sites for hydroxylation is 1. The molecule has 1 aliphatic rings. The van der Waals surface area contributed by atoms with E-state index in [1.165, 1.54) is 22.8 Å². The average molecular weight is 374 g/mol. The molecule has 2 heterocycles. The molecule has 1 unspecified atom stereocenters. The van der Waals surface area contributed by atoms with E-state index in [-0.39, 0.29) is 29.1 Å². The van der Waals surface area contributed by atoms with Gasteiger partial charge in [0.15, 0.2) is 0 Å². The van der Waals surface area contributed by atoms with E-state index in [0.717, 1.165) is 5.56 Å². The summed E-state index contributed by atoms with van der Waals surface area (Å²) in [5.74, 6) is 0.762. The zero-order valence-corrected chi connectivity index (χ0v) is 15.2. The highest BCUT2D eigenvalue weighted by atomic mass is 32.2. The van der Waals surface area contributed by atoms with E-state index in [4.69, 9.17) is 14.7 Å². The largest absolute Gasteiger partial charge is 0.496 e. The molecular weight excluding hydrogens is 356 g/mol. The molecule has 1 atom stereocenters. The van der Waals surface area contributed by atoms with Gasteiger partial charge in [0.25, 0.3) is 5.88 Å². The summed E-state index contributed by atoms with van der Waals surface area (Å²) in [5, 5.41) is 9.04. The highest BCUT2D eigenvalue weighted by molar-refractivity contribution is 7.89. The predicted octanol–water partition coefficient (Wildman–Crippen LogP) is 1.51. The van der Waals surface area contributed by atoms with Gasteiger partial charge >= 0.3 is 0 Å². The van der Waals surface area contributed by atoms with Crippen molar-refractivity contribution in [2.45, 2.75) is 24.3 Å². The molecule has 1 fully saturated rings. The number of methoxy groups -OCH3 is 1. The minimum atomic E-state index is -3.63. The number of benzene rings is 1. The number of aromatic nitrogens is 2. The van der Waals surface area contributed by atoms with Crippen LogP contribution in [-0.2, 0) is 10.0 Å². The lowest BCUT2D eigenvalue weighted by atomic mass is 10.2. The van der Waals surface area contributed by atoms with Crippen molar-refractivity contribution in [1.82, 2.24) is 14.3 Å². The molecule has 0 spiro atoms. The lowest BCUT2D eigenvalue weighted by Crippen LogP contribution is -2.31. The van der Waals surface area contributed by atoms with Gasteiger partial charge in [-0.25, -0.2) is 18.4 Å². The molecule has 8 nitrogen and oxygen atoms in total. The Kier molecular flexibility index (Phi) is 5.06. The van der Waals surface area contributed by atoms with E-state index < -0.39 is 10.0 Å². The molecule has 0 saturated carbocycles. The molecule has 26 heavy (non-hydrogen) atoms. The molecule has 9 heteroatoms. The minimum Gasteiger partial charge on any atom is -0.496 e. The van der Waals surface area contributed by atoms with Crippen molar-refractivity contribution >= 4 is 10.0 Å². The van der Waals surface area contributed by atoms with Gasteiger partial charge in [-0.1, -0.05) is 0 Å². The second-order valence-corrected chi connectivity index (χ2v) is 7.78. The lowest BCUT2D eigenvalue weighted by Gasteiger charge is -2.18. The maximum Gasteiger partial charge on any atom is 0.251 e. The van der Waals surface area contributed by atoms with Crippen LogP contribution in [0.5, 0.6) is 11.6 Å². The van der Waals surface area contributed by atoms with Crippen LogP contribution in [0.1, 0.15) is 17.7 Å². The highest BCUT2D eigenvalue weighted by Crippen LogP contribution is 2.27. The first kappa shape index (κ1) is 18.1. The third kappa shape index (κ3) is 3.47. The number of nitrogens with zero attached hydrogens (tertiary/aromatic N) is 4. The van der Waals surface area contributed by atoms with Crippen LogP contribution in [-0.4, -0.2) is 49.0 Å². The number of nitriles is 1. The summed E-state index contributed by atoms with van der Waals surface area (Å²) in [4.78, 5) is 8.10. The normalized spacial score (nSPS) is 17.7. The molecule has 0 aliphatic carbocycles. The van der Waals surface area contributed by atoms with Crippen LogP contribution in [0.4, 0.5) is 0 Å². The number of sulfonamides is 1. The fourth-order valence-electron chi connectivity index (χ4n) is 2.82. The van der Waals surface area contributed by atoms with Crippen LogP contribution in [0.3, 0.4) is 0 Å². The van der Waals surface area contributed by atoms with Crippen molar-refractivity contribution in [3.63, 3.8) is 0 Å². The smallest absolute Gasteiger partial charge is 0.251 e. The maximum absolute atomic E-state index is 12.9. The van der Waals surface area contributed by atoms with Crippen LogP contribution in [0, 0.1) is 18.3 Å². The minimum absolute atomic E-state index is 0.0830.